The molecule has 8 nitrogen and oxygen atoms in total. The highest BCUT2D eigenvalue weighted by atomic mass is 32.1. The molecule has 5 aromatic rings. The van der Waals surface area contributed by atoms with Gasteiger partial charge in [-0.3, -0.25) is 14.4 Å². The smallest absolute Gasteiger partial charge is 0.263 e. The monoisotopic (exact) mass is 547 g/mol. The van der Waals surface area contributed by atoms with Crippen molar-refractivity contribution < 1.29 is 18.4 Å². The van der Waals surface area contributed by atoms with Gasteiger partial charge in [0.25, 0.3) is 11.5 Å². The van der Waals surface area contributed by atoms with Crippen LogP contribution >= 0.6 is 11.3 Å². The molecule has 0 unspecified atom stereocenters. The maximum atomic E-state index is 13.6. The van der Waals surface area contributed by atoms with E-state index in [-0.39, 0.29) is 24.4 Å². The number of benzene rings is 1. The minimum absolute atomic E-state index is 0.0342. The molecule has 2 amide bonds. The molecule has 4 heterocycles. The van der Waals surface area contributed by atoms with Crippen molar-refractivity contribution in [2.24, 2.45) is 0 Å². The summed E-state index contributed by atoms with van der Waals surface area (Å²) in [6, 6.07) is 13.1. The van der Waals surface area contributed by atoms with Crippen molar-refractivity contribution in [2.45, 2.75) is 19.0 Å². The molecule has 1 aromatic carbocycles. The number of pyridine rings is 2. The maximum Gasteiger partial charge on any atom is 0.263 e. The highest BCUT2D eigenvalue weighted by molar-refractivity contribution is 7.15. The van der Waals surface area contributed by atoms with Gasteiger partial charge in [-0.15, -0.1) is 11.3 Å². The Hall–Kier alpha value is -4.64. The summed E-state index contributed by atoms with van der Waals surface area (Å²) in [5.41, 5.74) is 1.33. The van der Waals surface area contributed by atoms with Gasteiger partial charge in [0.2, 0.25) is 5.91 Å². The Morgan fingerprint density at radius 3 is 2.74 bits per heavy atom. The van der Waals surface area contributed by atoms with Crippen molar-refractivity contribution in [2.75, 3.05) is 7.05 Å². The van der Waals surface area contributed by atoms with Gasteiger partial charge < -0.3 is 20.2 Å². The molecule has 0 bridgehead atoms. The second-order valence-electron chi connectivity index (χ2n) is 8.81. The van der Waals surface area contributed by atoms with E-state index >= 15 is 0 Å². The second kappa shape index (κ2) is 11.0. The van der Waals surface area contributed by atoms with E-state index < -0.39 is 29.1 Å². The van der Waals surface area contributed by atoms with Crippen LogP contribution in [-0.4, -0.2) is 33.4 Å². The minimum Gasteiger partial charge on any atom is -0.359 e. The normalized spacial score (nSPS) is 11.9. The molecule has 3 N–H and O–H groups in total. The lowest BCUT2D eigenvalue weighted by atomic mass is 10.1. The third-order valence-electron chi connectivity index (χ3n) is 6.26. The van der Waals surface area contributed by atoms with Crippen molar-refractivity contribution in [3.63, 3.8) is 0 Å². The number of carbonyl (C=O) groups excluding carboxylic acids is 2. The fourth-order valence-electron chi connectivity index (χ4n) is 4.26. The van der Waals surface area contributed by atoms with E-state index in [0.717, 1.165) is 38.5 Å². The number of fused-ring (bicyclic) bond motifs is 1. The molecule has 0 aliphatic rings. The number of hydrogen-bond donors (Lipinski definition) is 3. The topological polar surface area (TPSA) is 109 Å². The number of aromatic nitrogens is 3. The van der Waals surface area contributed by atoms with Crippen LogP contribution in [0.1, 0.15) is 33.3 Å². The molecular formula is C28H23F2N5O3S. The number of nitrogens with zero attached hydrogens (tertiary/aromatic N) is 2. The standard InChI is InChI=1S/C28H23F2N5O3S/c1-31-25(36)13-22(24-9-8-23(39-24)19-14-33-26-17(19)4-2-10-32-26)34-27(37)18-5-3-11-35(28(18)38)15-16-6-7-20(29)21(30)12-16/h2-12,14,22H,13,15H2,1H3,(H,31,36)(H,32,33)(H,34,37)/t22-/m1/s1. The summed E-state index contributed by atoms with van der Waals surface area (Å²) in [6.07, 6.45) is 4.99. The average Bonchev–Trinajstić information content (AvgIpc) is 3.59. The highest BCUT2D eigenvalue weighted by Crippen LogP contribution is 2.36. The molecule has 198 valence electrons. The van der Waals surface area contributed by atoms with E-state index in [1.807, 2.05) is 30.5 Å². The van der Waals surface area contributed by atoms with Gasteiger partial charge in [0.15, 0.2) is 11.6 Å². The van der Waals surface area contributed by atoms with Crippen molar-refractivity contribution in [1.82, 2.24) is 25.2 Å². The van der Waals surface area contributed by atoms with Gasteiger partial charge in [0, 0.05) is 46.3 Å². The van der Waals surface area contributed by atoms with Crippen LogP contribution in [0.15, 0.2) is 78.0 Å². The zero-order valence-corrected chi connectivity index (χ0v) is 21.5. The zero-order valence-electron chi connectivity index (χ0n) is 20.7. The first kappa shape index (κ1) is 26.0. The molecule has 1 atom stereocenters. The third kappa shape index (κ3) is 5.48. The van der Waals surface area contributed by atoms with Crippen molar-refractivity contribution in [3.8, 4) is 10.4 Å². The molecule has 0 aliphatic carbocycles. The van der Waals surface area contributed by atoms with Crippen LogP contribution in [0.5, 0.6) is 0 Å². The Labute approximate surface area is 225 Å². The first-order valence-corrected chi connectivity index (χ1v) is 12.8. The molecule has 0 spiro atoms. The SMILES string of the molecule is CNC(=O)C[C@@H](NC(=O)c1cccn(Cc2ccc(F)c(F)c2)c1=O)c1ccc(-c2c[nH]c3ncccc23)s1. The van der Waals surface area contributed by atoms with Crippen molar-refractivity contribution in [1.29, 1.82) is 0 Å². The van der Waals surface area contributed by atoms with Gasteiger partial charge in [-0.1, -0.05) is 6.07 Å². The van der Waals surface area contributed by atoms with E-state index in [1.165, 1.54) is 47.3 Å². The van der Waals surface area contributed by atoms with Gasteiger partial charge in [-0.25, -0.2) is 13.8 Å². The molecule has 0 saturated carbocycles. The average molecular weight is 548 g/mol. The Morgan fingerprint density at radius 2 is 1.95 bits per heavy atom. The molecule has 11 heteroatoms. The molecule has 5 rings (SSSR count). The predicted octanol–water partition coefficient (Wildman–Crippen LogP) is 4.39. The molecule has 0 aliphatic heterocycles. The molecule has 0 fully saturated rings. The number of rotatable bonds is 8. The van der Waals surface area contributed by atoms with Crippen LogP contribution in [0.4, 0.5) is 8.78 Å². The summed E-state index contributed by atoms with van der Waals surface area (Å²) >= 11 is 1.42. The quantitative estimate of drug-likeness (QED) is 0.268. The zero-order chi connectivity index (χ0) is 27.5. The lowest BCUT2D eigenvalue weighted by molar-refractivity contribution is -0.121. The lowest BCUT2D eigenvalue weighted by Gasteiger charge is -2.17. The van der Waals surface area contributed by atoms with E-state index in [0.29, 0.717) is 5.56 Å². The Balaban J connectivity index is 1.41. The van der Waals surface area contributed by atoms with Gasteiger partial charge in [-0.2, -0.15) is 0 Å². The van der Waals surface area contributed by atoms with Crippen LogP contribution in [0.3, 0.4) is 0 Å². The molecule has 4 aromatic heterocycles. The largest absolute Gasteiger partial charge is 0.359 e. The maximum absolute atomic E-state index is 13.6. The van der Waals surface area contributed by atoms with Crippen molar-refractivity contribution >= 4 is 34.2 Å². The third-order valence-corrected chi connectivity index (χ3v) is 7.49. The summed E-state index contributed by atoms with van der Waals surface area (Å²) in [6.45, 7) is -0.0490. The Morgan fingerprint density at radius 1 is 1.10 bits per heavy atom. The van der Waals surface area contributed by atoms with E-state index in [4.69, 9.17) is 0 Å². The Bertz CT molecular complexity index is 1740. The second-order valence-corrected chi connectivity index (χ2v) is 9.93. The summed E-state index contributed by atoms with van der Waals surface area (Å²) in [5.74, 6) is -2.94. The first-order chi connectivity index (χ1) is 18.8. The first-order valence-electron chi connectivity index (χ1n) is 12.0. The summed E-state index contributed by atoms with van der Waals surface area (Å²) in [4.78, 5) is 47.8. The number of nitrogens with one attached hydrogen (secondary N) is 3. The fourth-order valence-corrected chi connectivity index (χ4v) is 5.35. The van der Waals surface area contributed by atoms with Crippen molar-refractivity contribution in [3.05, 3.63) is 111 Å². The molecular weight excluding hydrogens is 524 g/mol. The fraction of sp³-hybridized carbons (Fsp3) is 0.143. The summed E-state index contributed by atoms with van der Waals surface area (Å²) in [7, 11) is 1.51. The number of hydrogen-bond acceptors (Lipinski definition) is 5. The summed E-state index contributed by atoms with van der Waals surface area (Å²) in [5, 5.41) is 6.35. The molecule has 0 saturated heterocycles. The van der Waals surface area contributed by atoms with E-state index in [9.17, 15) is 23.2 Å². The van der Waals surface area contributed by atoms with Crippen LogP contribution in [0, 0.1) is 11.6 Å². The number of aromatic amines is 1. The number of carbonyl (C=O) groups is 2. The van der Waals surface area contributed by atoms with Gasteiger partial charge >= 0.3 is 0 Å². The number of halogens is 2. The number of H-pyrrole nitrogens is 1. The van der Waals surface area contributed by atoms with Crippen LogP contribution in [0.25, 0.3) is 21.5 Å². The molecule has 39 heavy (non-hydrogen) atoms. The minimum atomic E-state index is -1.02. The van der Waals surface area contributed by atoms with E-state index in [2.05, 4.69) is 20.6 Å². The van der Waals surface area contributed by atoms with Gasteiger partial charge in [0.05, 0.1) is 19.0 Å². The van der Waals surface area contributed by atoms with Gasteiger partial charge in [-0.05, 0) is 54.1 Å². The van der Waals surface area contributed by atoms with Crippen LogP contribution in [-0.2, 0) is 11.3 Å². The van der Waals surface area contributed by atoms with E-state index in [1.54, 1.807) is 6.20 Å². The predicted molar refractivity (Wildman–Crippen MR) is 144 cm³/mol. The number of amides is 2. The lowest BCUT2D eigenvalue weighted by Crippen LogP contribution is -2.36. The van der Waals surface area contributed by atoms with Gasteiger partial charge in [0.1, 0.15) is 11.2 Å². The number of thiophene rings is 1. The van der Waals surface area contributed by atoms with Crippen LogP contribution < -0.4 is 16.2 Å². The summed E-state index contributed by atoms with van der Waals surface area (Å²) < 4.78 is 28.2. The van der Waals surface area contributed by atoms with Crippen LogP contribution in [0.2, 0.25) is 0 Å². The molecule has 0 radical (unpaired) electrons. The highest BCUT2D eigenvalue weighted by Gasteiger charge is 2.23. The Kier molecular flexibility index (Phi) is 7.33.